The summed E-state index contributed by atoms with van der Waals surface area (Å²) in [4.78, 5) is 12.7. The quantitative estimate of drug-likeness (QED) is 0.371. The number of thioether (sulfide) groups is 1. The maximum atomic E-state index is 12.7. The summed E-state index contributed by atoms with van der Waals surface area (Å²) < 4.78 is 30.8. The predicted octanol–water partition coefficient (Wildman–Crippen LogP) is 5.24. The van der Waals surface area contributed by atoms with Crippen molar-refractivity contribution in [2.45, 2.75) is 44.3 Å². The van der Waals surface area contributed by atoms with Crippen LogP contribution in [-0.2, 0) is 6.54 Å². The standard InChI is InChI=1S/C21H21F2N3O2S/c1-4-26-19(17-8-6-5-7-13(17)2)24-25-21(26)29-14(3)18(27)15-9-11-16(12-10-15)28-20(22)23/h5-12,14,20H,4H2,1-3H3/t14-/m1/s1. The number of ketones is 1. The highest BCUT2D eigenvalue weighted by atomic mass is 32.2. The normalized spacial score (nSPS) is 12.2. The molecule has 1 aromatic heterocycles. The van der Waals surface area contributed by atoms with Gasteiger partial charge in [-0.1, -0.05) is 36.0 Å². The molecule has 0 radical (unpaired) electrons. The van der Waals surface area contributed by atoms with E-state index in [1.165, 1.54) is 36.0 Å². The Morgan fingerprint density at radius 3 is 2.45 bits per heavy atom. The molecule has 0 fully saturated rings. The van der Waals surface area contributed by atoms with Gasteiger partial charge in [0.1, 0.15) is 5.75 Å². The zero-order valence-electron chi connectivity index (χ0n) is 16.3. The van der Waals surface area contributed by atoms with Crippen LogP contribution < -0.4 is 4.74 Å². The number of Topliss-reactive ketones (excluding diaryl/α,β-unsaturated/α-hetero) is 1. The third-order valence-corrected chi connectivity index (χ3v) is 5.51. The fourth-order valence-corrected chi connectivity index (χ4v) is 3.92. The number of ether oxygens (including phenoxy) is 1. The lowest BCUT2D eigenvalue weighted by Gasteiger charge is -2.13. The molecule has 29 heavy (non-hydrogen) atoms. The van der Waals surface area contributed by atoms with Gasteiger partial charge in [-0.25, -0.2) is 0 Å². The summed E-state index contributed by atoms with van der Waals surface area (Å²) in [6.45, 7) is 3.58. The number of carbonyl (C=O) groups is 1. The summed E-state index contributed by atoms with van der Waals surface area (Å²) in [6, 6.07) is 13.6. The van der Waals surface area contributed by atoms with Crippen molar-refractivity contribution in [2.24, 2.45) is 0 Å². The van der Waals surface area contributed by atoms with Gasteiger partial charge in [-0.15, -0.1) is 10.2 Å². The highest BCUT2D eigenvalue weighted by Gasteiger charge is 2.22. The molecule has 0 amide bonds. The van der Waals surface area contributed by atoms with E-state index in [2.05, 4.69) is 14.9 Å². The molecule has 0 N–H and O–H groups in total. The molecule has 1 heterocycles. The van der Waals surface area contributed by atoms with Crippen LogP contribution in [0.25, 0.3) is 11.4 Å². The molecule has 0 bridgehead atoms. The van der Waals surface area contributed by atoms with E-state index < -0.39 is 11.9 Å². The number of carbonyl (C=O) groups excluding carboxylic acids is 1. The van der Waals surface area contributed by atoms with Crippen molar-refractivity contribution in [3.05, 3.63) is 59.7 Å². The first-order chi connectivity index (χ1) is 13.9. The summed E-state index contributed by atoms with van der Waals surface area (Å²) in [5, 5.41) is 8.86. The van der Waals surface area contributed by atoms with Crippen molar-refractivity contribution in [3.8, 4) is 17.1 Å². The number of aromatic nitrogens is 3. The molecule has 1 atom stereocenters. The minimum atomic E-state index is -2.89. The molecule has 0 aliphatic heterocycles. The van der Waals surface area contributed by atoms with Gasteiger partial charge in [0.05, 0.1) is 5.25 Å². The number of alkyl halides is 2. The minimum Gasteiger partial charge on any atom is -0.435 e. The Kier molecular flexibility index (Phi) is 6.64. The Morgan fingerprint density at radius 2 is 1.83 bits per heavy atom. The maximum absolute atomic E-state index is 12.7. The second kappa shape index (κ2) is 9.17. The molecule has 0 aliphatic carbocycles. The van der Waals surface area contributed by atoms with Crippen molar-refractivity contribution in [3.63, 3.8) is 0 Å². The molecular weight excluding hydrogens is 396 g/mol. The average Bonchev–Trinajstić information content (AvgIpc) is 3.10. The van der Waals surface area contributed by atoms with E-state index in [0.717, 1.165) is 17.0 Å². The highest BCUT2D eigenvalue weighted by Crippen LogP contribution is 2.29. The lowest BCUT2D eigenvalue weighted by molar-refractivity contribution is -0.0498. The van der Waals surface area contributed by atoms with Crippen LogP contribution in [-0.4, -0.2) is 32.4 Å². The van der Waals surface area contributed by atoms with E-state index in [1.54, 1.807) is 6.92 Å². The molecule has 2 aromatic carbocycles. The summed E-state index contributed by atoms with van der Waals surface area (Å²) in [7, 11) is 0. The summed E-state index contributed by atoms with van der Waals surface area (Å²) in [5.74, 6) is 0.661. The topological polar surface area (TPSA) is 57.0 Å². The Hall–Kier alpha value is -2.74. The Bertz CT molecular complexity index is 990. The number of aryl methyl sites for hydroxylation is 1. The first-order valence-corrected chi connectivity index (χ1v) is 10.0. The van der Waals surface area contributed by atoms with Gasteiger partial charge in [0.25, 0.3) is 0 Å². The van der Waals surface area contributed by atoms with Gasteiger partial charge in [0, 0.05) is 17.7 Å². The number of halogens is 2. The number of hydrogen-bond acceptors (Lipinski definition) is 5. The van der Waals surface area contributed by atoms with E-state index >= 15 is 0 Å². The van der Waals surface area contributed by atoms with Gasteiger partial charge in [-0.2, -0.15) is 8.78 Å². The molecule has 3 rings (SSSR count). The van der Waals surface area contributed by atoms with Crippen LogP contribution in [0.3, 0.4) is 0 Å². The summed E-state index contributed by atoms with van der Waals surface area (Å²) in [6.07, 6.45) is 0. The maximum Gasteiger partial charge on any atom is 0.387 e. The lowest BCUT2D eigenvalue weighted by Crippen LogP contribution is -2.15. The van der Waals surface area contributed by atoms with E-state index in [1.807, 2.05) is 42.7 Å². The Labute approximate surface area is 172 Å². The summed E-state index contributed by atoms with van der Waals surface area (Å²) in [5.41, 5.74) is 2.52. The number of benzene rings is 2. The highest BCUT2D eigenvalue weighted by molar-refractivity contribution is 8.00. The average molecular weight is 417 g/mol. The molecule has 152 valence electrons. The zero-order chi connectivity index (χ0) is 21.0. The van der Waals surface area contributed by atoms with Crippen LogP contribution in [0.1, 0.15) is 29.8 Å². The first-order valence-electron chi connectivity index (χ1n) is 9.15. The molecule has 0 saturated heterocycles. The second-order valence-corrected chi connectivity index (χ2v) is 7.70. The van der Waals surface area contributed by atoms with Crippen LogP contribution in [0.2, 0.25) is 0 Å². The van der Waals surface area contributed by atoms with Crippen LogP contribution in [0.15, 0.2) is 53.7 Å². The van der Waals surface area contributed by atoms with Crippen molar-refractivity contribution in [2.75, 3.05) is 0 Å². The van der Waals surface area contributed by atoms with Crippen molar-refractivity contribution in [1.29, 1.82) is 0 Å². The van der Waals surface area contributed by atoms with Crippen LogP contribution >= 0.6 is 11.8 Å². The molecule has 0 spiro atoms. The van der Waals surface area contributed by atoms with Crippen LogP contribution in [0, 0.1) is 6.92 Å². The second-order valence-electron chi connectivity index (χ2n) is 6.39. The van der Waals surface area contributed by atoms with Gasteiger partial charge in [0.2, 0.25) is 0 Å². The van der Waals surface area contributed by atoms with Crippen molar-refractivity contribution < 1.29 is 18.3 Å². The zero-order valence-corrected chi connectivity index (χ0v) is 17.1. The first kappa shape index (κ1) is 21.0. The molecule has 0 unspecified atom stereocenters. The largest absolute Gasteiger partial charge is 0.435 e. The third-order valence-electron chi connectivity index (χ3n) is 4.43. The van der Waals surface area contributed by atoms with E-state index in [0.29, 0.717) is 17.3 Å². The third kappa shape index (κ3) is 4.82. The van der Waals surface area contributed by atoms with E-state index in [-0.39, 0.29) is 11.5 Å². The number of nitrogens with zero attached hydrogens (tertiary/aromatic N) is 3. The Balaban J connectivity index is 1.77. The summed E-state index contributed by atoms with van der Waals surface area (Å²) >= 11 is 1.32. The van der Waals surface area contributed by atoms with Crippen molar-refractivity contribution >= 4 is 17.5 Å². The van der Waals surface area contributed by atoms with Gasteiger partial charge >= 0.3 is 6.61 Å². The van der Waals surface area contributed by atoms with Gasteiger partial charge in [0.15, 0.2) is 16.8 Å². The molecule has 3 aromatic rings. The van der Waals surface area contributed by atoms with E-state index in [4.69, 9.17) is 0 Å². The minimum absolute atomic E-state index is 0.0189. The number of hydrogen-bond donors (Lipinski definition) is 0. The van der Waals surface area contributed by atoms with E-state index in [9.17, 15) is 13.6 Å². The SMILES string of the molecule is CCn1c(S[C@H](C)C(=O)c2ccc(OC(F)F)cc2)nnc1-c1ccccc1C. The fraction of sp³-hybridized carbons (Fsp3) is 0.286. The number of rotatable bonds is 8. The molecule has 0 saturated carbocycles. The predicted molar refractivity (Wildman–Crippen MR) is 109 cm³/mol. The molecular formula is C21H21F2N3O2S. The molecule has 5 nitrogen and oxygen atoms in total. The monoisotopic (exact) mass is 417 g/mol. The van der Waals surface area contributed by atoms with Gasteiger partial charge < -0.3 is 9.30 Å². The van der Waals surface area contributed by atoms with Crippen LogP contribution in [0.5, 0.6) is 5.75 Å². The lowest BCUT2D eigenvalue weighted by atomic mass is 10.1. The smallest absolute Gasteiger partial charge is 0.387 e. The van der Waals surface area contributed by atoms with Gasteiger partial charge in [-0.3, -0.25) is 4.79 Å². The Morgan fingerprint density at radius 1 is 1.14 bits per heavy atom. The fourth-order valence-electron chi connectivity index (χ4n) is 2.93. The molecule has 8 heteroatoms. The van der Waals surface area contributed by atoms with Crippen LogP contribution in [0.4, 0.5) is 8.78 Å². The van der Waals surface area contributed by atoms with Crippen molar-refractivity contribution in [1.82, 2.24) is 14.8 Å². The van der Waals surface area contributed by atoms with Gasteiger partial charge in [-0.05, 0) is 50.6 Å². The molecule has 0 aliphatic rings.